The van der Waals surface area contributed by atoms with Gasteiger partial charge in [-0.25, -0.2) is 0 Å². The molecule has 1 fully saturated rings. The van der Waals surface area contributed by atoms with Crippen LogP contribution in [0, 0.1) is 5.92 Å². The third-order valence-corrected chi connectivity index (χ3v) is 5.37. The van der Waals surface area contributed by atoms with Gasteiger partial charge in [-0.05, 0) is 55.2 Å². The second-order valence-electron chi connectivity index (χ2n) is 7.37. The first kappa shape index (κ1) is 18.2. The van der Waals surface area contributed by atoms with Gasteiger partial charge < -0.3 is 15.5 Å². The molecule has 0 radical (unpaired) electrons. The molecule has 2 aliphatic rings. The predicted molar refractivity (Wildman–Crippen MR) is 107 cm³/mol. The Bertz CT molecular complexity index is 910. The first-order chi connectivity index (χ1) is 13.6. The highest BCUT2D eigenvalue weighted by Gasteiger charge is 2.29. The molecular weight excluding hydrogens is 354 g/mol. The molecule has 6 heteroatoms. The molecule has 1 saturated heterocycles. The zero-order chi connectivity index (χ0) is 19.5. The van der Waals surface area contributed by atoms with E-state index in [1.807, 2.05) is 36.4 Å². The molecule has 3 amide bonds. The number of carbonyl (C=O) groups is 3. The van der Waals surface area contributed by atoms with Crippen LogP contribution in [0.5, 0.6) is 0 Å². The van der Waals surface area contributed by atoms with Gasteiger partial charge in [0.05, 0.1) is 5.92 Å². The molecule has 0 bridgehead atoms. The number of hydrogen-bond acceptors (Lipinski definition) is 3. The van der Waals surface area contributed by atoms with E-state index < -0.39 is 0 Å². The van der Waals surface area contributed by atoms with Gasteiger partial charge >= 0.3 is 0 Å². The molecule has 2 aromatic rings. The van der Waals surface area contributed by atoms with Crippen molar-refractivity contribution in [1.29, 1.82) is 0 Å². The van der Waals surface area contributed by atoms with Crippen molar-refractivity contribution in [3.63, 3.8) is 0 Å². The largest absolute Gasteiger partial charge is 0.338 e. The fourth-order valence-corrected chi connectivity index (χ4v) is 3.84. The van der Waals surface area contributed by atoms with Gasteiger partial charge in [0.1, 0.15) is 0 Å². The number of nitrogens with zero attached hydrogens (tertiary/aromatic N) is 1. The van der Waals surface area contributed by atoms with Gasteiger partial charge in [-0.1, -0.05) is 18.2 Å². The number of anilines is 2. The number of benzene rings is 2. The summed E-state index contributed by atoms with van der Waals surface area (Å²) in [4.78, 5) is 38.9. The number of carbonyl (C=O) groups excluding carboxylic acids is 3. The number of rotatable bonds is 3. The molecule has 0 saturated carbocycles. The molecule has 4 rings (SSSR count). The van der Waals surface area contributed by atoms with Crippen LogP contribution in [0.15, 0.2) is 48.5 Å². The Balaban J connectivity index is 1.43. The zero-order valence-corrected chi connectivity index (χ0v) is 15.6. The third kappa shape index (κ3) is 3.91. The maximum Gasteiger partial charge on any atom is 0.253 e. The Morgan fingerprint density at radius 2 is 1.89 bits per heavy atom. The zero-order valence-electron chi connectivity index (χ0n) is 15.6. The topological polar surface area (TPSA) is 78.5 Å². The van der Waals surface area contributed by atoms with E-state index in [1.165, 1.54) is 0 Å². The average molecular weight is 377 g/mol. The van der Waals surface area contributed by atoms with E-state index in [0.29, 0.717) is 31.5 Å². The lowest BCUT2D eigenvalue weighted by Gasteiger charge is -2.32. The highest BCUT2D eigenvalue weighted by molar-refractivity contribution is 5.98. The van der Waals surface area contributed by atoms with Crippen LogP contribution in [-0.2, 0) is 16.0 Å². The summed E-state index contributed by atoms with van der Waals surface area (Å²) in [5.41, 5.74) is 3.15. The molecule has 2 aromatic carbocycles. The Kier molecular flexibility index (Phi) is 5.10. The molecule has 1 atom stereocenters. The van der Waals surface area contributed by atoms with E-state index >= 15 is 0 Å². The Hall–Kier alpha value is -3.15. The molecule has 0 aromatic heterocycles. The van der Waals surface area contributed by atoms with Crippen LogP contribution in [0.4, 0.5) is 11.4 Å². The number of fused-ring (bicyclic) bond motifs is 1. The normalized spacial score (nSPS) is 18.8. The first-order valence-electron chi connectivity index (χ1n) is 9.68. The highest BCUT2D eigenvalue weighted by atomic mass is 16.2. The maximum absolute atomic E-state index is 13.0. The third-order valence-electron chi connectivity index (χ3n) is 5.37. The second kappa shape index (κ2) is 7.84. The van der Waals surface area contributed by atoms with E-state index in [4.69, 9.17) is 0 Å². The van der Waals surface area contributed by atoms with Gasteiger partial charge in [0, 0.05) is 36.4 Å². The predicted octanol–water partition coefficient (Wildman–Crippen LogP) is 3.06. The lowest BCUT2D eigenvalue weighted by molar-refractivity contribution is -0.121. The van der Waals surface area contributed by atoms with Gasteiger partial charge in [-0.15, -0.1) is 0 Å². The number of hydrogen-bond donors (Lipinski definition) is 2. The SMILES string of the molecule is O=C1CCc2cc(C(=O)N3CCCC(C(=O)Nc4ccccc4)C3)ccc2N1. The molecule has 6 nitrogen and oxygen atoms in total. The van der Waals surface area contributed by atoms with Gasteiger partial charge in [-0.2, -0.15) is 0 Å². The molecular formula is C22H23N3O3. The number of aryl methyl sites for hydroxylation is 1. The lowest BCUT2D eigenvalue weighted by atomic mass is 9.95. The molecule has 1 unspecified atom stereocenters. The van der Waals surface area contributed by atoms with Gasteiger partial charge in [0.2, 0.25) is 11.8 Å². The first-order valence-corrected chi connectivity index (χ1v) is 9.68. The van der Waals surface area contributed by atoms with Crippen molar-refractivity contribution >= 4 is 29.1 Å². The number of likely N-dealkylation sites (tertiary alicyclic amines) is 1. The minimum absolute atomic E-state index is 0.00915. The van der Waals surface area contributed by atoms with Crippen molar-refractivity contribution < 1.29 is 14.4 Å². The Morgan fingerprint density at radius 1 is 1.07 bits per heavy atom. The number of nitrogens with one attached hydrogen (secondary N) is 2. The smallest absolute Gasteiger partial charge is 0.253 e. The average Bonchev–Trinajstić information content (AvgIpc) is 2.73. The summed E-state index contributed by atoms with van der Waals surface area (Å²) in [6.45, 7) is 1.08. The van der Waals surface area contributed by atoms with Crippen LogP contribution in [0.25, 0.3) is 0 Å². The minimum atomic E-state index is -0.213. The monoisotopic (exact) mass is 377 g/mol. The summed E-state index contributed by atoms with van der Waals surface area (Å²) in [7, 11) is 0. The highest BCUT2D eigenvalue weighted by Crippen LogP contribution is 2.26. The van der Waals surface area contributed by atoms with Crippen LogP contribution in [-0.4, -0.2) is 35.7 Å². The molecule has 144 valence electrons. The minimum Gasteiger partial charge on any atom is -0.338 e. The summed E-state index contributed by atoms with van der Waals surface area (Å²) in [6.07, 6.45) is 2.67. The standard InChI is InChI=1S/C22H23N3O3/c26-20-11-9-15-13-16(8-10-19(15)24-20)22(28)25-12-4-5-17(14-25)21(27)23-18-6-2-1-3-7-18/h1-3,6-8,10,13,17H,4-5,9,11-12,14H2,(H,23,27)(H,24,26). The quantitative estimate of drug-likeness (QED) is 0.863. The van der Waals surface area contributed by atoms with E-state index in [0.717, 1.165) is 29.8 Å². The molecule has 2 heterocycles. The van der Waals surface area contributed by atoms with Crippen molar-refractivity contribution in [1.82, 2.24) is 4.90 Å². The summed E-state index contributed by atoms with van der Waals surface area (Å²) in [5.74, 6) is -0.307. The van der Waals surface area contributed by atoms with Crippen LogP contribution in [0.2, 0.25) is 0 Å². The van der Waals surface area contributed by atoms with Crippen molar-refractivity contribution in [2.45, 2.75) is 25.7 Å². The second-order valence-corrected chi connectivity index (χ2v) is 7.37. The molecule has 0 aliphatic carbocycles. The number of piperidine rings is 1. The van der Waals surface area contributed by atoms with E-state index in [2.05, 4.69) is 10.6 Å². The van der Waals surface area contributed by atoms with Crippen LogP contribution < -0.4 is 10.6 Å². The maximum atomic E-state index is 13.0. The summed E-state index contributed by atoms with van der Waals surface area (Å²) in [5, 5.41) is 5.77. The van der Waals surface area contributed by atoms with Crippen molar-refractivity contribution in [2.75, 3.05) is 23.7 Å². The fraction of sp³-hybridized carbons (Fsp3) is 0.318. The van der Waals surface area contributed by atoms with Gasteiger partial charge in [0.25, 0.3) is 5.91 Å². The van der Waals surface area contributed by atoms with Crippen molar-refractivity contribution in [3.8, 4) is 0 Å². The fourth-order valence-electron chi connectivity index (χ4n) is 3.84. The van der Waals surface area contributed by atoms with Crippen molar-refractivity contribution in [3.05, 3.63) is 59.7 Å². The molecule has 2 aliphatic heterocycles. The van der Waals surface area contributed by atoms with Crippen LogP contribution in [0.3, 0.4) is 0 Å². The van der Waals surface area contributed by atoms with Gasteiger partial charge in [0.15, 0.2) is 0 Å². The van der Waals surface area contributed by atoms with E-state index in [-0.39, 0.29) is 23.6 Å². The summed E-state index contributed by atoms with van der Waals surface area (Å²) in [6, 6.07) is 14.8. The lowest BCUT2D eigenvalue weighted by Crippen LogP contribution is -2.43. The molecule has 0 spiro atoms. The van der Waals surface area contributed by atoms with Gasteiger partial charge in [-0.3, -0.25) is 14.4 Å². The van der Waals surface area contributed by atoms with Crippen LogP contribution in [0.1, 0.15) is 35.2 Å². The Labute approximate surface area is 163 Å². The summed E-state index contributed by atoms with van der Waals surface area (Å²) < 4.78 is 0. The van der Waals surface area contributed by atoms with E-state index in [1.54, 1.807) is 17.0 Å². The van der Waals surface area contributed by atoms with Crippen molar-refractivity contribution in [2.24, 2.45) is 5.92 Å². The number of para-hydroxylation sites is 1. The Morgan fingerprint density at radius 3 is 2.71 bits per heavy atom. The summed E-state index contributed by atoms with van der Waals surface area (Å²) >= 11 is 0. The molecule has 2 N–H and O–H groups in total. The van der Waals surface area contributed by atoms with Crippen LogP contribution >= 0.6 is 0 Å². The molecule has 28 heavy (non-hydrogen) atoms. The van der Waals surface area contributed by atoms with E-state index in [9.17, 15) is 14.4 Å². The number of amides is 3.